The Kier molecular flexibility index (Phi) is 4.91. The second-order valence-electron chi connectivity index (χ2n) is 8.08. The number of amides is 1. The summed E-state index contributed by atoms with van der Waals surface area (Å²) < 4.78 is 11.2. The Morgan fingerprint density at radius 3 is 2.93 bits per heavy atom. The Labute approximate surface area is 179 Å². The van der Waals surface area contributed by atoms with Gasteiger partial charge in [-0.05, 0) is 43.4 Å². The number of thiophene rings is 1. The van der Waals surface area contributed by atoms with E-state index in [2.05, 4.69) is 15.0 Å². The maximum atomic E-state index is 13.3. The quantitative estimate of drug-likeness (QED) is 0.621. The van der Waals surface area contributed by atoms with Crippen molar-refractivity contribution in [2.75, 3.05) is 14.2 Å². The fourth-order valence-corrected chi connectivity index (χ4v) is 5.84. The molecule has 30 heavy (non-hydrogen) atoms. The predicted molar refractivity (Wildman–Crippen MR) is 114 cm³/mol. The first-order valence-corrected chi connectivity index (χ1v) is 11.0. The number of rotatable bonds is 5. The maximum Gasteiger partial charge on any atom is 0.264 e. The van der Waals surface area contributed by atoms with E-state index in [1.807, 2.05) is 26.1 Å². The van der Waals surface area contributed by atoms with Gasteiger partial charge in [-0.2, -0.15) is 0 Å². The molecule has 0 N–H and O–H groups in total. The highest BCUT2D eigenvalue weighted by atomic mass is 32.1. The molecule has 0 spiro atoms. The molecule has 0 saturated carbocycles. The lowest BCUT2D eigenvalue weighted by atomic mass is 9.85. The van der Waals surface area contributed by atoms with E-state index in [1.54, 1.807) is 24.5 Å². The average Bonchev–Trinajstić information content (AvgIpc) is 3.48. The zero-order valence-electron chi connectivity index (χ0n) is 17.3. The molecule has 0 aromatic carbocycles. The Balaban J connectivity index is 1.45. The molecule has 3 aromatic rings. The van der Waals surface area contributed by atoms with E-state index in [-0.39, 0.29) is 12.0 Å². The van der Waals surface area contributed by atoms with Gasteiger partial charge >= 0.3 is 0 Å². The zero-order valence-corrected chi connectivity index (χ0v) is 18.1. The number of carbonyl (C=O) groups excluding carboxylic acids is 1. The lowest BCUT2D eigenvalue weighted by Crippen LogP contribution is -2.26. The molecule has 0 radical (unpaired) electrons. The minimum atomic E-state index is -0.0126. The molecule has 0 aliphatic carbocycles. The standard InChI is InChI=1S/C22H24N4O3S/c1-12-18-19(15-9-14-4-5-16(15)29-14)24-11-25-21(18)30-20(12)22(27)26(2)10-13-6-7-23-17(8-13)28-3/h6-8,11,14-16H,4-5,9-10H2,1-3H3. The van der Waals surface area contributed by atoms with Crippen LogP contribution in [0.1, 0.15) is 51.7 Å². The molecular weight excluding hydrogens is 400 g/mol. The normalized spacial score (nSPS) is 22.6. The van der Waals surface area contributed by atoms with Crippen molar-refractivity contribution in [3.05, 3.63) is 46.4 Å². The van der Waals surface area contributed by atoms with E-state index in [0.717, 1.165) is 51.2 Å². The van der Waals surface area contributed by atoms with Crippen molar-refractivity contribution in [2.24, 2.45) is 0 Å². The van der Waals surface area contributed by atoms with Gasteiger partial charge in [-0.3, -0.25) is 4.79 Å². The molecular formula is C22H24N4O3S. The number of ether oxygens (including phenoxy) is 2. The molecule has 2 aliphatic heterocycles. The molecule has 3 atom stereocenters. The smallest absolute Gasteiger partial charge is 0.264 e. The highest BCUT2D eigenvalue weighted by Crippen LogP contribution is 2.46. The van der Waals surface area contributed by atoms with Crippen LogP contribution in [0.3, 0.4) is 0 Å². The lowest BCUT2D eigenvalue weighted by Gasteiger charge is -2.19. The third-order valence-electron chi connectivity index (χ3n) is 6.18. The van der Waals surface area contributed by atoms with Gasteiger partial charge in [-0.25, -0.2) is 15.0 Å². The van der Waals surface area contributed by atoms with Crippen LogP contribution in [0.15, 0.2) is 24.7 Å². The molecule has 7 nitrogen and oxygen atoms in total. The second-order valence-corrected chi connectivity index (χ2v) is 9.08. The maximum absolute atomic E-state index is 13.3. The van der Waals surface area contributed by atoms with Crippen molar-refractivity contribution < 1.29 is 14.3 Å². The zero-order chi connectivity index (χ0) is 20.8. The molecule has 3 aromatic heterocycles. The molecule has 2 bridgehead atoms. The van der Waals surface area contributed by atoms with Gasteiger partial charge < -0.3 is 14.4 Å². The predicted octanol–water partition coefficient (Wildman–Crippen LogP) is 3.71. The third-order valence-corrected chi connectivity index (χ3v) is 7.37. The third kappa shape index (κ3) is 3.24. The summed E-state index contributed by atoms with van der Waals surface area (Å²) in [7, 11) is 3.40. The van der Waals surface area contributed by atoms with Gasteiger partial charge in [0.1, 0.15) is 11.2 Å². The fraction of sp³-hybridized carbons (Fsp3) is 0.455. The van der Waals surface area contributed by atoms with E-state index >= 15 is 0 Å². The molecule has 156 valence electrons. The van der Waals surface area contributed by atoms with Crippen LogP contribution in [-0.4, -0.2) is 52.1 Å². The topological polar surface area (TPSA) is 77.4 Å². The molecule has 8 heteroatoms. The summed E-state index contributed by atoms with van der Waals surface area (Å²) in [6.07, 6.45) is 7.17. The molecule has 5 heterocycles. The molecule has 5 rings (SSSR count). The second kappa shape index (κ2) is 7.59. The SMILES string of the molecule is COc1cc(CN(C)C(=O)c2sc3ncnc(C4CC5CCC4O5)c3c2C)ccn1. The van der Waals surface area contributed by atoms with Gasteiger partial charge in [0.25, 0.3) is 5.91 Å². The van der Waals surface area contributed by atoms with Gasteiger partial charge in [-0.1, -0.05) is 0 Å². The van der Waals surface area contributed by atoms with Crippen molar-refractivity contribution in [2.45, 2.75) is 50.9 Å². The van der Waals surface area contributed by atoms with Crippen LogP contribution in [0.4, 0.5) is 0 Å². The largest absolute Gasteiger partial charge is 0.481 e. The monoisotopic (exact) mass is 424 g/mol. The van der Waals surface area contributed by atoms with Crippen molar-refractivity contribution in [1.82, 2.24) is 19.9 Å². The van der Waals surface area contributed by atoms with Crippen LogP contribution in [0.25, 0.3) is 10.2 Å². The minimum absolute atomic E-state index is 0.0126. The molecule has 2 fully saturated rings. The van der Waals surface area contributed by atoms with Crippen molar-refractivity contribution in [1.29, 1.82) is 0 Å². The number of methoxy groups -OCH3 is 1. The molecule has 2 aliphatic rings. The summed E-state index contributed by atoms with van der Waals surface area (Å²) in [5.74, 6) is 0.827. The van der Waals surface area contributed by atoms with Crippen LogP contribution in [0.5, 0.6) is 5.88 Å². The number of carbonyl (C=O) groups is 1. The highest BCUT2D eigenvalue weighted by Gasteiger charge is 2.43. The van der Waals surface area contributed by atoms with Gasteiger partial charge in [0.2, 0.25) is 5.88 Å². The van der Waals surface area contributed by atoms with E-state index < -0.39 is 0 Å². The molecule has 1 amide bonds. The van der Waals surface area contributed by atoms with E-state index in [4.69, 9.17) is 9.47 Å². The summed E-state index contributed by atoms with van der Waals surface area (Å²) in [5, 5.41) is 1.03. The van der Waals surface area contributed by atoms with E-state index in [9.17, 15) is 4.79 Å². The van der Waals surface area contributed by atoms with Crippen molar-refractivity contribution in [3.8, 4) is 5.88 Å². The Hall–Kier alpha value is -2.58. The number of hydrogen-bond donors (Lipinski definition) is 0. The van der Waals surface area contributed by atoms with E-state index in [1.165, 1.54) is 11.3 Å². The van der Waals surface area contributed by atoms with E-state index in [0.29, 0.717) is 24.4 Å². The van der Waals surface area contributed by atoms with Crippen molar-refractivity contribution >= 4 is 27.5 Å². The summed E-state index contributed by atoms with van der Waals surface area (Å²) in [6, 6.07) is 3.74. The number of aryl methyl sites for hydroxylation is 1. The first kappa shape index (κ1) is 19.4. The van der Waals surface area contributed by atoms with Crippen LogP contribution in [0, 0.1) is 6.92 Å². The Morgan fingerprint density at radius 2 is 2.20 bits per heavy atom. The molecule has 2 saturated heterocycles. The first-order chi connectivity index (χ1) is 14.5. The number of hydrogen-bond acceptors (Lipinski definition) is 7. The van der Waals surface area contributed by atoms with Crippen LogP contribution >= 0.6 is 11.3 Å². The summed E-state index contributed by atoms with van der Waals surface area (Å²) in [6.45, 7) is 2.49. The van der Waals surface area contributed by atoms with Crippen molar-refractivity contribution in [3.63, 3.8) is 0 Å². The lowest BCUT2D eigenvalue weighted by molar-refractivity contribution is 0.0789. The van der Waals surface area contributed by atoms with Gasteiger partial charge in [-0.15, -0.1) is 11.3 Å². The van der Waals surface area contributed by atoms with Gasteiger partial charge in [0.15, 0.2) is 0 Å². The number of aromatic nitrogens is 3. The van der Waals surface area contributed by atoms with Crippen LogP contribution in [-0.2, 0) is 11.3 Å². The van der Waals surface area contributed by atoms with Crippen LogP contribution in [0.2, 0.25) is 0 Å². The Morgan fingerprint density at radius 1 is 1.33 bits per heavy atom. The average molecular weight is 425 g/mol. The fourth-order valence-electron chi connectivity index (χ4n) is 4.69. The number of pyridine rings is 1. The number of fused-ring (bicyclic) bond motifs is 3. The van der Waals surface area contributed by atoms with Crippen LogP contribution < -0.4 is 4.74 Å². The Bertz CT molecular complexity index is 1110. The molecule has 3 unspecified atom stereocenters. The summed E-state index contributed by atoms with van der Waals surface area (Å²) in [4.78, 5) is 29.8. The minimum Gasteiger partial charge on any atom is -0.481 e. The van der Waals surface area contributed by atoms with Gasteiger partial charge in [0.05, 0.1) is 29.9 Å². The van der Waals surface area contributed by atoms with Gasteiger partial charge in [0, 0.05) is 37.2 Å². The number of nitrogens with zero attached hydrogens (tertiary/aromatic N) is 4. The summed E-state index contributed by atoms with van der Waals surface area (Å²) in [5.41, 5.74) is 2.98. The summed E-state index contributed by atoms with van der Waals surface area (Å²) >= 11 is 1.45. The highest BCUT2D eigenvalue weighted by molar-refractivity contribution is 7.20. The first-order valence-electron chi connectivity index (χ1n) is 10.2.